The van der Waals surface area contributed by atoms with Crippen LogP contribution in [0.25, 0.3) is 11.0 Å². The first-order valence-electron chi connectivity index (χ1n) is 9.06. The van der Waals surface area contributed by atoms with E-state index in [2.05, 4.69) is 15.3 Å². The maximum absolute atomic E-state index is 13.4. The number of hydrogen-bond donors (Lipinski definition) is 1. The van der Waals surface area contributed by atoms with Crippen LogP contribution in [0, 0.1) is 5.82 Å². The van der Waals surface area contributed by atoms with Gasteiger partial charge in [-0.1, -0.05) is 12.1 Å². The molecule has 0 radical (unpaired) electrons. The van der Waals surface area contributed by atoms with Crippen LogP contribution in [0.1, 0.15) is 5.69 Å². The van der Waals surface area contributed by atoms with Crippen LogP contribution >= 0.6 is 0 Å². The van der Waals surface area contributed by atoms with Gasteiger partial charge in [0.1, 0.15) is 12.4 Å². The van der Waals surface area contributed by atoms with Gasteiger partial charge in [0.05, 0.1) is 17.8 Å². The van der Waals surface area contributed by atoms with Crippen molar-refractivity contribution in [1.29, 1.82) is 0 Å². The number of nitrogens with zero attached hydrogens (tertiary/aromatic N) is 4. The SMILES string of the molecule is O=C(Cn1c(=O)n(Cc2ccccn2)c(=O)c2ncccc21)Nc1cccc(F)c1. The fourth-order valence-electron chi connectivity index (χ4n) is 3.10. The van der Waals surface area contributed by atoms with Gasteiger partial charge in [0.2, 0.25) is 5.91 Å². The Bertz CT molecular complexity index is 1350. The quantitative estimate of drug-likeness (QED) is 0.546. The average molecular weight is 405 g/mol. The van der Waals surface area contributed by atoms with Gasteiger partial charge in [-0.05, 0) is 42.5 Å². The molecule has 0 aliphatic heterocycles. The number of aromatic nitrogens is 4. The Morgan fingerprint density at radius 1 is 0.967 bits per heavy atom. The van der Waals surface area contributed by atoms with Crippen molar-refractivity contribution in [1.82, 2.24) is 19.1 Å². The number of pyridine rings is 2. The number of rotatable bonds is 5. The number of carbonyl (C=O) groups is 1. The summed E-state index contributed by atoms with van der Waals surface area (Å²) in [5.41, 5.74) is -0.158. The van der Waals surface area contributed by atoms with Crippen molar-refractivity contribution in [3.05, 3.63) is 99.3 Å². The van der Waals surface area contributed by atoms with Crippen LogP contribution in [-0.4, -0.2) is 25.0 Å². The van der Waals surface area contributed by atoms with Crippen molar-refractivity contribution in [2.45, 2.75) is 13.1 Å². The number of amides is 1. The molecule has 8 nitrogen and oxygen atoms in total. The molecule has 150 valence electrons. The summed E-state index contributed by atoms with van der Waals surface area (Å²) in [4.78, 5) is 46.7. The number of anilines is 1. The molecule has 4 rings (SSSR count). The zero-order chi connectivity index (χ0) is 21.1. The van der Waals surface area contributed by atoms with E-state index >= 15 is 0 Å². The van der Waals surface area contributed by atoms with Gasteiger partial charge in [-0.25, -0.2) is 14.2 Å². The molecule has 30 heavy (non-hydrogen) atoms. The number of benzene rings is 1. The predicted octanol–water partition coefficient (Wildman–Crippen LogP) is 1.78. The van der Waals surface area contributed by atoms with Crippen molar-refractivity contribution in [2.24, 2.45) is 0 Å². The van der Waals surface area contributed by atoms with E-state index < -0.39 is 23.0 Å². The molecular formula is C21H16FN5O3. The lowest BCUT2D eigenvalue weighted by Crippen LogP contribution is -2.42. The summed E-state index contributed by atoms with van der Waals surface area (Å²) in [6, 6.07) is 13.7. The molecule has 0 saturated carbocycles. The molecule has 0 spiro atoms. The first-order chi connectivity index (χ1) is 14.5. The molecule has 0 atom stereocenters. The van der Waals surface area contributed by atoms with Crippen LogP contribution in [0.3, 0.4) is 0 Å². The topological polar surface area (TPSA) is 98.9 Å². The van der Waals surface area contributed by atoms with Crippen LogP contribution in [0.2, 0.25) is 0 Å². The number of carbonyl (C=O) groups excluding carboxylic acids is 1. The van der Waals surface area contributed by atoms with Gasteiger partial charge in [0.25, 0.3) is 5.56 Å². The van der Waals surface area contributed by atoms with Gasteiger partial charge < -0.3 is 5.32 Å². The molecule has 0 aliphatic carbocycles. The van der Waals surface area contributed by atoms with E-state index in [1.807, 2.05) is 0 Å². The third-order valence-electron chi connectivity index (χ3n) is 4.44. The minimum atomic E-state index is -0.666. The van der Waals surface area contributed by atoms with Crippen LogP contribution in [0.15, 0.2) is 76.6 Å². The smallest absolute Gasteiger partial charge is 0.324 e. The third kappa shape index (κ3) is 3.86. The summed E-state index contributed by atoms with van der Waals surface area (Å²) in [5, 5.41) is 2.55. The van der Waals surface area contributed by atoms with Gasteiger partial charge in [-0.15, -0.1) is 0 Å². The fourth-order valence-corrected chi connectivity index (χ4v) is 3.10. The standard InChI is InChI=1S/C21H16FN5O3/c22-14-5-3-7-15(11-14)25-18(28)13-26-17-8-4-10-24-19(17)20(29)27(21(26)30)12-16-6-1-2-9-23-16/h1-11H,12-13H2,(H,25,28). The highest BCUT2D eigenvalue weighted by atomic mass is 19.1. The normalized spacial score (nSPS) is 10.8. The minimum Gasteiger partial charge on any atom is -0.324 e. The van der Waals surface area contributed by atoms with E-state index in [9.17, 15) is 18.8 Å². The highest BCUT2D eigenvalue weighted by Crippen LogP contribution is 2.10. The lowest BCUT2D eigenvalue weighted by Gasteiger charge is -2.13. The van der Waals surface area contributed by atoms with Crippen molar-refractivity contribution >= 4 is 22.6 Å². The van der Waals surface area contributed by atoms with Crippen LogP contribution in [-0.2, 0) is 17.9 Å². The molecule has 0 aliphatic rings. The second-order valence-electron chi connectivity index (χ2n) is 6.51. The van der Waals surface area contributed by atoms with Crippen LogP contribution < -0.4 is 16.6 Å². The molecular weight excluding hydrogens is 389 g/mol. The molecule has 0 saturated heterocycles. The molecule has 1 amide bonds. The van der Waals surface area contributed by atoms with E-state index in [-0.39, 0.29) is 29.8 Å². The number of fused-ring (bicyclic) bond motifs is 1. The zero-order valence-corrected chi connectivity index (χ0v) is 15.7. The Morgan fingerprint density at radius 3 is 2.57 bits per heavy atom. The molecule has 3 heterocycles. The number of nitrogens with one attached hydrogen (secondary N) is 1. The molecule has 1 N–H and O–H groups in total. The zero-order valence-electron chi connectivity index (χ0n) is 15.7. The van der Waals surface area contributed by atoms with E-state index in [0.717, 1.165) is 4.57 Å². The molecule has 4 aromatic rings. The molecule has 0 fully saturated rings. The first-order valence-corrected chi connectivity index (χ1v) is 9.06. The highest BCUT2D eigenvalue weighted by Gasteiger charge is 2.17. The minimum absolute atomic E-state index is 0.0590. The fraction of sp³-hybridized carbons (Fsp3) is 0.0952. The van der Waals surface area contributed by atoms with Crippen molar-refractivity contribution < 1.29 is 9.18 Å². The third-order valence-corrected chi connectivity index (χ3v) is 4.44. The van der Waals surface area contributed by atoms with Crippen LogP contribution in [0.5, 0.6) is 0 Å². The predicted molar refractivity (Wildman–Crippen MR) is 109 cm³/mol. The summed E-state index contributed by atoms with van der Waals surface area (Å²) in [6.07, 6.45) is 3.00. The van der Waals surface area contributed by atoms with E-state index in [1.54, 1.807) is 36.5 Å². The molecule has 9 heteroatoms. The molecule has 0 unspecified atom stereocenters. The first kappa shape index (κ1) is 19.2. The lowest BCUT2D eigenvalue weighted by molar-refractivity contribution is -0.116. The van der Waals surface area contributed by atoms with Gasteiger partial charge in [0, 0.05) is 18.1 Å². The van der Waals surface area contributed by atoms with Gasteiger partial charge >= 0.3 is 5.69 Å². The van der Waals surface area contributed by atoms with E-state index in [4.69, 9.17) is 0 Å². The Hall–Kier alpha value is -4.14. The number of hydrogen-bond acceptors (Lipinski definition) is 5. The highest BCUT2D eigenvalue weighted by molar-refractivity contribution is 5.91. The van der Waals surface area contributed by atoms with Crippen molar-refractivity contribution in [3.8, 4) is 0 Å². The average Bonchev–Trinajstić information content (AvgIpc) is 2.75. The largest absolute Gasteiger partial charge is 0.332 e. The van der Waals surface area contributed by atoms with E-state index in [1.165, 1.54) is 35.0 Å². The van der Waals surface area contributed by atoms with Crippen LogP contribution in [0.4, 0.5) is 10.1 Å². The lowest BCUT2D eigenvalue weighted by atomic mass is 10.3. The van der Waals surface area contributed by atoms with Crippen molar-refractivity contribution in [3.63, 3.8) is 0 Å². The number of halogens is 1. The van der Waals surface area contributed by atoms with Gasteiger partial charge in [0.15, 0.2) is 5.52 Å². The van der Waals surface area contributed by atoms with E-state index in [0.29, 0.717) is 5.69 Å². The summed E-state index contributed by atoms with van der Waals surface area (Å²) in [6.45, 7) is -0.434. The molecule has 1 aromatic carbocycles. The maximum atomic E-state index is 13.4. The Labute approximate surface area is 169 Å². The maximum Gasteiger partial charge on any atom is 0.332 e. The summed E-state index contributed by atoms with van der Waals surface area (Å²) < 4.78 is 15.5. The second kappa shape index (κ2) is 8.08. The summed E-state index contributed by atoms with van der Waals surface area (Å²) in [7, 11) is 0. The monoisotopic (exact) mass is 405 g/mol. The Morgan fingerprint density at radius 2 is 1.80 bits per heavy atom. The van der Waals surface area contributed by atoms with Gasteiger partial charge in [-0.2, -0.15) is 0 Å². The van der Waals surface area contributed by atoms with Crippen molar-refractivity contribution in [2.75, 3.05) is 5.32 Å². The molecule has 3 aromatic heterocycles. The summed E-state index contributed by atoms with van der Waals surface area (Å²) >= 11 is 0. The Balaban J connectivity index is 1.76. The molecule has 0 bridgehead atoms. The Kier molecular flexibility index (Phi) is 5.17. The second-order valence-corrected chi connectivity index (χ2v) is 6.51. The van der Waals surface area contributed by atoms with Gasteiger partial charge in [-0.3, -0.25) is 23.7 Å². The summed E-state index contributed by atoms with van der Waals surface area (Å²) in [5.74, 6) is -1.04.